The lowest BCUT2D eigenvalue weighted by Gasteiger charge is -2.23. The first-order valence-electron chi connectivity index (χ1n) is 8.18. The van der Waals surface area contributed by atoms with Gasteiger partial charge in [-0.2, -0.15) is 0 Å². The number of rotatable bonds is 10. The van der Waals surface area contributed by atoms with Crippen molar-refractivity contribution in [2.45, 2.75) is 60.3 Å². The number of unbranched alkanes of at least 4 members (excludes halogenated alkanes) is 2. The molecule has 0 saturated carbocycles. The van der Waals surface area contributed by atoms with Crippen molar-refractivity contribution in [3.05, 3.63) is 0 Å². The van der Waals surface area contributed by atoms with Gasteiger partial charge in [0.2, 0.25) is 5.91 Å². The molecule has 0 heterocycles. The maximum absolute atomic E-state index is 10.8. The summed E-state index contributed by atoms with van der Waals surface area (Å²) in [4.78, 5) is 15.5. The minimum Gasteiger partial charge on any atom is -0.357 e. The summed E-state index contributed by atoms with van der Waals surface area (Å²) in [5.41, 5.74) is 0.231. The third-order valence-corrected chi connectivity index (χ3v) is 3.26. The molecule has 0 spiro atoms. The average Bonchev–Trinajstić information content (AvgIpc) is 2.40. The van der Waals surface area contributed by atoms with Crippen LogP contribution >= 0.6 is 0 Å². The fourth-order valence-electron chi connectivity index (χ4n) is 1.99. The Hall–Kier alpha value is -1.26. The maximum atomic E-state index is 10.8. The van der Waals surface area contributed by atoms with Gasteiger partial charge in [0.15, 0.2) is 5.96 Å². The van der Waals surface area contributed by atoms with Gasteiger partial charge in [0.1, 0.15) is 0 Å². The van der Waals surface area contributed by atoms with E-state index in [1.165, 1.54) is 32.6 Å². The molecule has 1 amide bonds. The molecule has 0 saturated heterocycles. The normalized spacial score (nSPS) is 12.1. The van der Waals surface area contributed by atoms with E-state index in [0.717, 1.165) is 19.0 Å². The molecule has 0 aliphatic rings. The smallest absolute Gasteiger partial charge is 0.216 e. The highest BCUT2D eigenvalue weighted by Crippen LogP contribution is 2.23. The summed E-state index contributed by atoms with van der Waals surface area (Å²) in [5.74, 6) is 0.821. The van der Waals surface area contributed by atoms with Crippen molar-refractivity contribution in [1.29, 1.82) is 0 Å². The molecule has 0 radical (unpaired) electrons. The molecular formula is C16H34N4O. The third kappa shape index (κ3) is 12.2. The van der Waals surface area contributed by atoms with Crippen molar-refractivity contribution >= 4 is 11.9 Å². The molecule has 0 bridgehead atoms. The molecule has 3 N–H and O–H groups in total. The second-order valence-electron chi connectivity index (χ2n) is 6.23. The van der Waals surface area contributed by atoms with E-state index in [9.17, 15) is 4.79 Å². The first-order chi connectivity index (χ1) is 9.91. The van der Waals surface area contributed by atoms with E-state index in [-0.39, 0.29) is 11.3 Å². The molecule has 0 aromatic rings. The second-order valence-corrected chi connectivity index (χ2v) is 6.23. The van der Waals surface area contributed by atoms with E-state index in [1.54, 1.807) is 0 Å². The van der Waals surface area contributed by atoms with Crippen molar-refractivity contribution in [2.75, 3.05) is 26.2 Å². The zero-order valence-corrected chi connectivity index (χ0v) is 14.5. The molecule has 5 nitrogen and oxygen atoms in total. The zero-order chi connectivity index (χ0) is 16.1. The standard InChI is InChI=1S/C16H34N4O/c1-6-8-9-10-16(4,5)13-20-15(17-7-2)19-12-11-18-14(3)21/h6-13H2,1-5H3,(H,18,21)(H2,17,19,20). The minimum absolute atomic E-state index is 0.00389. The number of carbonyl (C=O) groups is 1. The zero-order valence-electron chi connectivity index (χ0n) is 14.5. The van der Waals surface area contributed by atoms with Gasteiger partial charge in [0, 0.05) is 33.1 Å². The number of aliphatic imine (C=N–C) groups is 1. The van der Waals surface area contributed by atoms with Crippen LogP contribution in [0.25, 0.3) is 0 Å². The second kappa shape index (κ2) is 11.4. The Balaban J connectivity index is 4.20. The number of carbonyl (C=O) groups excluding carboxylic acids is 1. The molecule has 0 aromatic carbocycles. The Morgan fingerprint density at radius 1 is 1.05 bits per heavy atom. The van der Waals surface area contributed by atoms with Gasteiger partial charge in [-0.3, -0.25) is 9.79 Å². The monoisotopic (exact) mass is 298 g/mol. The molecular weight excluding hydrogens is 264 g/mol. The van der Waals surface area contributed by atoms with Crippen LogP contribution in [-0.2, 0) is 4.79 Å². The highest BCUT2D eigenvalue weighted by molar-refractivity contribution is 5.79. The van der Waals surface area contributed by atoms with E-state index < -0.39 is 0 Å². The number of hydrogen-bond donors (Lipinski definition) is 3. The lowest BCUT2D eigenvalue weighted by Crippen LogP contribution is -2.41. The lowest BCUT2D eigenvalue weighted by atomic mass is 9.87. The average molecular weight is 298 g/mol. The Labute approximate surface area is 130 Å². The Morgan fingerprint density at radius 2 is 1.71 bits per heavy atom. The predicted molar refractivity (Wildman–Crippen MR) is 90.6 cm³/mol. The van der Waals surface area contributed by atoms with Crippen LogP contribution in [0.1, 0.15) is 60.3 Å². The predicted octanol–water partition coefficient (Wildman–Crippen LogP) is 2.28. The van der Waals surface area contributed by atoms with E-state index >= 15 is 0 Å². The van der Waals surface area contributed by atoms with Gasteiger partial charge in [-0.15, -0.1) is 0 Å². The van der Waals surface area contributed by atoms with Crippen LogP contribution in [-0.4, -0.2) is 38.0 Å². The largest absolute Gasteiger partial charge is 0.357 e. The van der Waals surface area contributed by atoms with Gasteiger partial charge in [-0.25, -0.2) is 0 Å². The first kappa shape index (κ1) is 19.7. The number of nitrogens with zero attached hydrogens (tertiary/aromatic N) is 1. The molecule has 5 heteroatoms. The van der Waals surface area contributed by atoms with Crippen molar-refractivity contribution in [1.82, 2.24) is 16.0 Å². The van der Waals surface area contributed by atoms with Crippen LogP contribution in [0.3, 0.4) is 0 Å². The van der Waals surface area contributed by atoms with Crippen LogP contribution in [0.15, 0.2) is 4.99 Å². The molecule has 0 atom stereocenters. The highest BCUT2D eigenvalue weighted by atomic mass is 16.1. The molecule has 124 valence electrons. The number of guanidine groups is 1. The van der Waals surface area contributed by atoms with Gasteiger partial charge < -0.3 is 16.0 Å². The first-order valence-corrected chi connectivity index (χ1v) is 8.18. The molecule has 0 aliphatic heterocycles. The summed E-state index contributed by atoms with van der Waals surface area (Å²) in [6.07, 6.45) is 5.02. The van der Waals surface area contributed by atoms with Crippen molar-refractivity contribution in [3.8, 4) is 0 Å². The molecule has 0 aliphatic carbocycles. The van der Waals surface area contributed by atoms with Gasteiger partial charge >= 0.3 is 0 Å². The van der Waals surface area contributed by atoms with Gasteiger partial charge in [0.05, 0.1) is 0 Å². The molecule has 0 unspecified atom stereocenters. The topological polar surface area (TPSA) is 65.5 Å². The van der Waals surface area contributed by atoms with E-state index in [1.807, 2.05) is 0 Å². The fraction of sp³-hybridized carbons (Fsp3) is 0.875. The quantitative estimate of drug-likeness (QED) is 0.329. The molecule has 0 aromatic heterocycles. The fourth-order valence-corrected chi connectivity index (χ4v) is 1.99. The van der Waals surface area contributed by atoms with Crippen LogP contribution in [0, 0.1) is 5.41 Å². The Kier molecular flexibility index (Phi) is 10.7. The molecule has 21 heavy (non-hydrogen) atoms. The van der Waals surface area contributed by atoms with Crippen molar-refractivity contribution < 1.29 is 4.79 Å². The SMILES string of the molecule is CCCCCC(C)(C)CN=C(NCC)NCCNC(C)=O. The summed E-state index contributed by atoms with van der Waals surface area (Å²) < 4.78 is 0. The van der Waals surface area contributed by atoms with Crippen molar-refractivity contribution in [3.63, 3.8) is 0 Å². The van der Waals surface area contributed by atoms with E-state index in [4.69, 9.17) is 0 Å². The minimum atomic E-state index is -0.00389. The maximum Gasteiger partial charge on any atom is 0.216 e. The number of amides is 1. The van der Waals surface area contributed by atoms with Crippen LogP contribution in [0.2, 0.25) is 0 Å². The van der Waals surface area contributed by atoms with Crippen LogP contribution < -0.4 is 16.0 Å². The Bertz CT molecular complexity index is 313. The van der Waals surface area contributed by atoms with E-state index in [2.05, 4.69) is 48.6 Å². The van der Waals surface area contributed by atoms with Crippen LogP contribution in [0.4, 0.5) is 0 Å². The van der Waals surface area contributed by atoms with Gasteiger partial charge in [-0.1, -0.05) is 40.0 Å². The summed E-state index contributed by atoms with van der Waals surface area (Å²) >= 11 is 0. The van der Waals surface area contributed by atoms with Gasteiger partial charge in [-0.05, 0) is 18.8 Å². The molecule has 0 rings (SSSR count). The summed E-state index contributed by atoms with van der Waals surface area (Å²) in [6, 6.07) is 0. The highest BCUT2D eigenvalue weighted by Gasteiger charge is 2.16. The summed E-state index contributed by atoms with van der Waals surface area (Å²) in [5, 5.41) is 9.24. The lowest BCUT2D eigenvalue weighted by molar-refractivity contribution is -0.118. The van der Waals surface area contributed by atoms with Crippen LogP contribution in [0.5, 0.6) is 0 Å². The van der Waals surface area contributed by atoms with E-state index in [0.29, 0.717) is 13.1 Å². The summed E-state index contributed by atoms with van der Waals surface area (Å²) in [7, 11) is 0. The van der Waals surface area contributed by atoms with Crippen molar-refractivity contribution in [2.24, 2.45) is 10.4 Å². The molecule has 0 fully saturated rings. The number of hydrogen-bond acceptors (Lipinski definition) is 2. The third-order valence-electron chi connectivity index (χ3n) is 3.26. The van der Waals surface area contributed by atoms with Gasteiger partial charge in [0.25, 0.3) is 0 Å². The summed E-state index contributed by atoms with van der Waals surface area (Å²) in [6.45, 7) is 13.3. The number of nitrogens with one attached hydrogen (secondary N) is 3. The Morgan fingerprint density at radius 3 is 2.29 bits per heavy atom.